The van der Waals surface area contributed by atoms with Crippen molar-refractivity contribution in [1.82, 2.24) is 9.97 Å². The molecule has 0 radical (unpaired) electrons. The van der Waals surface area contributed by atoms with Crippen LogP contribution in [0.25, 0.3) is 11.3 Å². The molecule has 4 rings (SSSR count). The van der Waals surface area contributed by atoms with Gasteiger partial charge in [-0.15, -0.1) is 0 Å². The Kier molecular flexibility index (Phi) is 5.80. The van der Waals surface area contributed by atoms with Crippen LogP contribution in [0.3, 0.4) is 0 Å². The predicted molar refractivity (Wildman–Crippen MR) is 114 cm³/mol. The molecule has 0 amide bonds. The molecule has 29 heavy (non-hydrogen) atoms. The fourth-order valence-corrected chi connectivity index (χ4v) is 4.44. The average Bonchev–Trinajstić information content (AvgIpc) is 2.72. The van der Waals surface area contributed by atoms with Crippen LogP contribution in [-0.2, 0) is 17.8 Å². The first kappa shape index (κ1) is 19.8. The minimum Gasteiger partial charge on any atom is -0.497 e. The molecule has 0 aliphatic carbocycles. The topological polar surface area (TPSA) is 79.5 Å². The Bertz CT molecular complexity index is 1060. The Morgan fingerprint density at radius 3 is 2.72 bits per heavy atom. The number of fused-ring (bicyclic) bond motifs is 1. The van der Waals surface area contributed by atoms with E-state index < -0.39 is 0 Å². The van der Waals surface area contributed by atoms with Crippen molar-refractivity contribution in [3.8, 4) is 22.8 Å². The van der Waals surface area contributed by atoms with Gasteiger partial charge in [0.15, 0.2) is 0 Å². The number of nitrogens with two attached hydrogens (primary N) is 1. The number of nitrogen functional groups attached to an aromatic ring is 1. The lowest BCUT2D eigenvalue weighted by atomic mass is 9.99. The van der Waals surface area contributed by atoms with Crippen LogP contribution in [0.4, 0.5) is 5.95 Å². The van der Waals surface area contributed by atoms with Crippen molar-refractivity contribution in [3.63, 3.8) is 0 Å². The van der Waals surface area contributed by atoms with Gasteiger partial charge >= 0.3 is 0 Å². The van der Waals surface area contributed by atoms with E-state index >= 15 is 0 Å². The maximum absolute atomic E-state index is 6.55. The second-order valence-electron chi connectivity index (χ2n) is 6.47. The van der Waals surface area contributed by atoms with E-state index in [2.05, 4.69) is 16.0 Å². The summed E-state index contributed by atoms with van der Waals surface area (Å²) in [5.41, 5.74) is 9.86. The first-order valence-electron chi connectivity index (χ1n) is 9.01. The lowest BCUT2D eigenvalue weighted by Gasteiger charge is -2.18. The number of ether oxygens (including phenoxy) is 3. The van der Waals surface area contributed by atoms with Crippen LogP contribution in [0.1, 0.15) is 11.1 Å². The molecule has 6 nitrogen and oxygen atoms in total. The van der Waals surface area contributed by atoms with Gasteiger partial charge in [0.05, 0.1) is 43.0 Å². The molecular formula is C21H20ClN3O3S. The highest BCUT2D eigenvalue weighted by atomic mass is 35.5. The third-order valence-corrected chi connectivity index (χ3v) is 5.91. The number of benzene rings is 2. The molecule has 2 aromatic carbocycles. The van der Waals surface area contributed by atoms with Crippen LogP contribution in [-0.4, -0.2) is 30.8 Å². The van der Waals surface area contributed by atoms with Crippen LogP contribution in [0.2, 0.25) is 5.02 Å². The van der Waals surface area contributed by atoms with Crippen LogP contribution >= 0.6 is 23.4 Å². The van der Waals surface area contributed by atoms with Crippen LogP contribution in [0.15, 0.2) is 46.3 Å². The Morgan fingerprint density at radius 2 is 1.93 bits per heavy atom. The van der Waals surface area contributed by atoms with Crippen LogP contribution < -0.4 is 15.2 Å². The summed E-state index contributed by atoms with van der Waals surface area (Å²) >= 11 is 7.97. The van der Waals surface area contributed by atoms with Gasteiger partial charge in [0.25, 0.3) is 0 Å². The number of aromatic nitrogens is 2. The van der Waals surface area contributed by atoms with E-state index in [9.17, 15) is 0 Å². The van der Waals surface area contributed by atoms with Crippen molar-refractivity contribution in [3.05, 3.63) is 52.5 Å². The van der Waals surface area contributed by atoms with E-state index in [1.807, 2.05) is 30.3 Å². The number of methoxy groups -OCH3 is 2. The van der Waals surface area contributed by atoms with E-state index in [1.54, 1.807) is 14.2 Å². The Labute approximate surface area is 178 Å². The van der Waals surface area contributed by atoms with Gasteiger partial charge in [-0.05, 0) is 53.9 Å². The molecule has 0 spiro atoms. The highest BCUT2D eigenvalue weighted by Crippen LogP contribution is 2.39. The fourth-order valence-electron chi connectivity index (χ4n) is 3.20. The molecule has 0 saturated carbocycles. The monoisotopic (exact) mass is 429 g/mol. The van der Waals surface area contributed by atoms with Gasteiger partial charge in [0.1, 0.15) is 16.5 Å². The summed E-state index contributed by atoms with van der Waals surface area (Å²) in [6, 6.07) is 11.5. The summed E-state index contributed by atoms with van der Waals surface area (Å²) in [6.45, 7) is 1.29. The second kappa shape index (κ2) is 8.49. The minimum atomic E-state index is 0.184. The van der Waals surface area contributed by atoms with Gasteiger partial charge in [-0.3, -0.25) is 0 Å². The molecular weight excluding hydrogens is 410 g/mol. The lowest BCUT2D eigenvalue weighted by molar-refractivity contribution is 0.111. The quantitative estimate of drug-likeness (QED) is 0.592. The zero-order valence-corrected chi connectivity index (χ0v) is 17.6. The van der Waals surface area contributed by atoms with E-state index in [4.69, 9.17) is 31.5 Å². The highest BCUT2D eigenvalue weighted by molar-refractivity contribution is 7.99. The van der Waals surface area contributed by atoms with Crippen molar-refractivity contribution in [1.29, 1.82) is 0 Å². The Balaban J connectivity index is 1.73. The Morgan fingerprint density at radius 1 is 1.07 bits per heavy atom. The van der Waals surface area contributed by atoms with Crippen LogP contribution in [0.5, 0.6) is 11.5 Å². The average molecular weight is 430 g/mol. The van der Waals surface area contributed by atoms with Gasteiger partial charge in [-0.25, -0.2) is 9.97 Å². The fraction of sp³-hybridized carbons (Fsp3) is 0.238. The van der Waals surface area contributed by atoms with Crippen molar-refractivity contribution in [2.45, 2.75) is 22.9 Å². The molecule has 0 atom stereocenters. The summed E-state index contributed by atoms with van der Waals surface area (Å²) in [4.78, 5) is 9.65. The zero-order chi connectivity index (χ0) is 20.4. The summed E-state index contributed by atoms with van der Waals surface area (Å²) < 4.78 is 16.3. The van der Waals surface area contributed by atoms with E-state index in [0.717, 1.165) is 33.9 Å². The number of rotatable bonds is 5. The number of hydrogen-bond acceptors (Lipinski definition) is 7. The molecule has 0 bridgehead atoms. The molecule has 150 valence electrons. The molecule has 3 aromatic rings. The molecule has 1 aromatic heterocycles. The third-order valence-electron chi connectivity index (χ3n) is 4.64. The maximum atomic E-state index is 6.55. The third kappa shape index (κ3) is 4.27. The van der Waals surface area contributed by atoms with E-state index in [0.29, 0.717) is 29.0 Å². The van der Waals surface area contributed by atoms with Gasteiger partial charge in [0, 0.05) is 5.56 Å². The standard InChI is InChI=1S/C21H20ClN3O3S/c1-26-14-3-4-18(27-2)19(9-14)29-20-10-17(24-21(23)25-20)15-7-12-5-6-28-11-13(12)8-16(15)22/h3-4,7-10H,5-6,11H2,1-2H3,(H2,23,24,25). The molecule has 2 heterocycles. The summed E-state index contributed by atoms with van der Waals surface area (Å²) in [6.07, 6.45) is 0.850. The molecule has 1 aliphatic heterocycles. The predicted octanol–water partition coefficient (Wildman–Crippen LogP) is 4.62. The normalized spacial score (nSPS) is 13.1. The lowest BCUT2D eigenvalue weighted by Crippen LogP contribution is -2.10. The minimum absolute atomic E-state index is 0.184. The maximum Gasteiger partial charge on any atom is 0.221 e. The SMILES string of the molecule is COc1ccc(OC)c(Sc2cc(-c3cc4c(cc3Cl)COCC4)nc(N)n2)c1. The molecule has 8 heteroatoms. The van der Waals surface area contributed by atoms with Crippen molar-refractivity contribution in [2.24, 2.45) is 0 Å². The van der Waals surface area contributed by atoms with E-state index in [1.165, 1.54) is 17.3 Å². The summed E-state index contributed by atoms with van der Waals surface area (Å²) in [7, 11) is 3.25. The first-order valence-corrected chi connectivity index (χ1v) is 10.2. The van der Waals surface area contributed by atoms with Gasteiger partial charge in [-0.2, -0.15) is 0 Å². The summed E-state index contributed by atoms with van der Waals surface area (Å²) in [5.74, 6) is 1.64. The van der Waals surface area contributed by atoms with Crippen LogP contribution in [0, 0.1) is 0 Å². The van der Waals surface area contributed by atoms with Crippen molar-refractivity contribution >= 4 is 29.3 Å². The number of anilines is 1. The van der Waals surface area contributed by atoms with E-state index in [-0.39, 0.29) is 5.95 Å². The zero-order valence-electron chi connectivity index (χ0n) is 16.1. The molecule has 0 fully saturated rings. The van der Waals surface area contributed by atoms with Crippen molar-refractivity contribution < 1.29 is 14.2 Å². The summed E-state index contributed by atoms with van der Waals surface area (Å²) in [5, 5.41) is 1.30. The largest absolute Gasteiger partial charge is 0.497 e. The number of hydrogen-bond donors (Lipinski definition) is 1. The second-order valence-corrected chi connectivity index (χ2v) is 7.94. The van der Waals surface area contributed by atoms with Crippen molar-refractivity contribution in [2.75, 3.05) is 26.6 Å². The highest BCUT2D eigenvalue weighted by Gasteiger charge is 2.17. The molecule has 2 N–H and O–H groups in total. The Hall–Kier alpha value is -2.48. The molecule has 0 unspecified atom stereocenters. The van der Waals surface area contributed by atoms with Gasteiger partial charge in [-0.1, -0.05) is 23.4 Å². The van der Waals surface area contributed by atoms with Gasteiger partial charge in [0.2, 0.25) is 5.95 Å². The van der Waals surface area contributed by atoms with Gasteiger partial charge < -0.3 is 19.9 Å². The number of halogens is 1. The number of nitrogens with zero attached hydrogens (tertiary/aromatic N) is 2. The molecule has 0 saturated heterocycles. The molecule has 1 aliphatic rings. The first-order chi connectivity index (χ1) is 14.1. The smallest absolute Gasteiger partial charge is 0.221 e.